The molecule has 0 radical (unpaired) electrons. The number of alkyl halides is 1. The van der Waals surface area contributed by atoms with Crippen molar-refractivity contribution in [2.75, 3.05) is 6.61 Å². The van der Waals surface area contributed by atoms with Gasteiger partial charge in [0, 0.05) is 5.56 Å². The predicted molar refractivity (Wildman–Crippen MR) is 70.1 cm³/mol. The van der Waals surface area contributed by atoms with Crippen LogP contribution in [0.25, 0.3) is 0 Å². The molecule has 0 saturated heterocycles. The molecule has 1 atom stereocenters. The lowest BCUT2D eigenvalue weighted by atomic mass is 10.0. The zero-order valence-corrected chi connectivity index (χ0v) is 11.8. The topological polar surface area (TPSA) is 43.4 Å². The minimum atomic E-state index is -0.574. The molecule has 0 aromatic heterocycles. The number of hydrogen-bond acceptors (Lipinski definition) is 3. The Labute approximate surface area is 113 Å². The maximum absolute atomic E-state index is 11.9. The van der Waals surface area contributed by atoms with Crippen LogP contribution in [-0.4, -0.2) is 23.2 Å². The number of ether oxygens (including phenoxy) is 1. The lowest BCUT2D eigenvalue weighted by Gasteiger charge is -2.10. The molecule has 0 aliphatic carbocycles. The van der Waals surface area contributed by atoms with Crippen LogP contribution in [0.5, 0.6) is 0 Å². The van der Waals surface area contributed by atoms with E-state index in [1.807, 2.05) is 0 Å². The average Bonchev–Trinajstić information content (AvgIpc) is 2.27. The van der Waals surface area contributed by atoms with Crippen molar-refractivity contribution in [2.24, 2.45) is 0 Å². The average molecular weight is 320 g/mol. The number of benzene rings is 1. The number of esters is 1. The van der Waals surface area contributed by atoms with Gasteiger partial charge < -0.3 is 4.74 Å². The van der Waals surface area contributed by atoms with Crippen LogP contribution in [0.15, 0.2) is 18.2 Å². The molecular formula is C12H12BrClO3. The third kappa shape index (κ3) is 3.30. The minimum absolute atomic E-state index is 0.132. The van der Waals surface area contributed by atoms with E-state index < -0.39 is 5.97 Å². The van der Waals surface area contributed by atoms with Crippen LogP contribution in [-0.2, 0) is 4.74 Å². The van der Waals surface area contributed by atoms with Crippen LogP contribution >= 0.6 is 27.5 Å². The predicted octanol–water partition coefficient (Wildman–Crippen LogP) is 3.48. The van der Waals surface area contributed by atoms with Gasteiger partial charge in [-0.25, -0.2) is 4.79 Å². The highest BCUT2D eigenvalue weighted by molar-refractivity contribution is 9.10. The summed E-state index contributed by atoms with van der Waals surface area (Å²) in [6.07, 6.45) is 0. The molecule has 0 saturated carbocycles. The van der Waals surface area contributed by atoms with Gasteiger partial charge in [-0.2, -0.15) is 0 Å². The van der Waals surface area contributed by atoms with Gasteiger partial charge in [-0.3, -0.25) is 4.79 Å². The van der Waals surface area contributed by atoms with Gasteiger partial charge >= 0.3 is 5.97 Å². The van der Waals surface area contributed by atoms with Gasteiger partial charge in [-0.15, -0.1) is 0 Å². The van der Waals surface area contributed by atoms with E-state index in [9.17, 15) is 9.59 Å². The first kappa shape index (κ1) is 14.2. The van der Waals surface area contributed by atoms with Crippen LogP contribution < -0.4 is 0 Å². The fraction of sp³-hybridized carbons (Fsp3) is 0.333. The van der Waals surface area contributed by atoms with Crippen LogP contribution in [0.4, 0.5) is 0 Å². The number of carbonyl (C=O) groups excluding carboxylic acids is 2. The van der Waals surface area contributed by atoms with Gasteiger partial charge in [0.1, 0.15) is 0 Å². The smallest absolute Gasteiger partial charge is 0.340 e. The van der Waals surface area contributed by atoms with Crippen molar-refractivity contribution in [1.29, 1.82) is 0 Å². The molecule has 0 spiro atoms. The van der Waals surface area contributed by atoms with Gasteiger partial charge in [0.2, 0.25) is 0 Å². The van der Waals surface area contributed by atoms with Crippen LogP contribution in [0.3, 0.4) is 0 Å². The number of carbonyl (C=O) groups is 2. The van der Waals surface area contributed by atoms with E-state index in [2.05, 4.69) is 15.9 Å². The van der Waals surface area contributed by atoms with Crippen molar-refractivity contribution in [1.82, 2.24) is 0 Å². The van der Waals surface area contributed by atoms with E-state index in [0.717, 1.165) is 0 Å². The van der Waals surface area contributed by atoms with Gasteiger partial charge in [0.25, 0.3) is 0 Å². The van der Waals surface area contributed by atoms with Crippen molar-refractivity contribution in [3.8, 4) is 0 Å². The Morgan fingerprint density at radius 2 is 2.12 bits per heavy atom. The van der Waals surface area contributed by atoms with Gasteiger partial charge in [0.15, 0.2) is 5.78 Å². The van der Waals surface area contributed by atoms with Crippen molar-refractivity contribution < 1.29 is 14.3 Å². The van der Waals surface area contributed by atoms with Crippen molar-refractivity contribution in [3.63, 3.8) is 0 Å². The molecule has 0 fully saturated rings. The molecule has 17 heavy (non-hydrogen) atoms. The molecule has 5 heteroatoms. The SMILES string of the molecule is CCOC(=O)c1c(Cl)cccc1C(=O)C(C)Br. The van der Waals surface area contributed by atoms with Crippen LogP contribution in [0.1, 0.15) is 34.6 Å². The third-order valence-electron chi connectivity index (χ3n) is 2.12. The first-order valence-electron chi connectivity index (χ1n) is 5.13. The summed E-state index contributed by atoms with van der Waals surface area (Å²) in [4.78, 5) is 23.3. The summed E-state index contributed by atoms with van der Waals surface area (Å²) >= 11 is 9.12. The summed E-state index contributed by atoms with van der Waals surface area (Å²) in [5.74, 6) is -0.773. The second-order valence-electron chi connectivity index (χ2n) is 3.36. The van der Waals surface area contributed by atoms with E-state index in [0.29, 0.717) is 0 Å². The number of Topliss-reactive ketones (excluding diaryl/α,β-unsaturated/α-hetero) is 1. The molecule has 0 aliphatic heterocycles. The molecule has 1 aromatic carbocycles. The lowest BCUT2D eigenvalue weighted by Crippen LogP contribution is -2.17. The molecule has 0 amide bonds. The van der Waals surface area contributed by atoms with Crippen molar-refractivity contribution in [2.45, 2.75) is 18.7 Å². The Bertz CT molecular complexity index is 443. The molecular weight excluding hydrogens is 307 g/mol. The highest BCUT2D eigenvalue weighted by atomic mass is 79.9. The molecule has 1 unspecified atom stereocenters. The van der Waals surface area contributed by atoms with E-state index in [-0.39, 0.29) is 33.4 Å². The highest BCUT2D eigenvalue weighted by Crippen LogP contribution is 2.23. The van der Waals surface area contributed by atoms with E-state index in [4.69, 9.17) is 16.3 Å². The minimum Gasteiger partial charge on any atom is -0.462 e. The molecule has 1 aromatic rings. The standard InChI is InChI=1S/C12H12BrClO3/c1-3-17-12(16)10-8(11(15)7(2)13)5-4-6-9(10)14/h4-7H,3H2,1-2H3. The van der Waals surface area contributed by atoms with Crippen LogP contribution in [0, 0.1) is 0 Å². The zero-order chi connectivity index (χ0) is 13.0. The maximum atomic E-state index is 11.9. The van der Waals surface area contributed by atoms with Crippen molar-refractivity contribution in [3.05, 3.63) is 34.3 Å². The van der Waals surface area contributed by atoms with Gasteiger partial charge in [0.05, 0.1) is 22.0 Å². The Hall–Kier alpha value is -0.870. The van der Waals surface area contributed by atoms with Crippen molar-refractivity contribution >= 4 is 39.3 Å². The summed E-state index contributed by atoms with van der Waals surface area (Å²) in [5, 5.41) is 0.224. The Kier molecular flexibility index (Phi) is 5.15. The Morgan fingerprint density at radius 3 is 2.65 bits per heavy atom. The zero-order valence-electron chi connectivity index (χ0n) is 9.50. The van der Waals surface area contributed by atoms with Gasteiger partial charge in [-0.05, 0) is 19.9 Å². The van der Waals surface area contributed by atoms with E-state index in [1.165, 1.54) is 0 Å². The maximum Gasteiger partial charge on any atom is 0.340 e. The number of halogens is 2. The fourth-order valence-electron chi connectivity index (χ4n) is 1.35. The molecule has 0 heterocycles. The molecule has 0 aliphatic rings. The summed E-state index contributed by atoms with van der Waals surface area (Å²) in [7, 11) is 0. The monoisotopic (exact) mass is 318 g/mol. The number of ketones is 1. The second kappa shape index (κ2) is 6.17. The third-order valence-corrected chi connectivity index (χ3v) is 2.85. The second-order valence-corrected chi connectivity index (χ2v) is 5.14. The summed E-state index contributed by atoms with van der Waals surface area (Å²) in [5.41, 5.74) is 0.410. The van der Waals surface area contributed by atoms with Crippen LogP contribution in [0.2, 0.25) is 5.02 Å². The van der Waals surface area contributed by atoms with E-state index in [1.54, 1.807) is 32.0 Å². The molecule has 0 bridgehead atoms. The summed E-state index contributed by atoms with van der Waals surface area (Å²) < 4.78 is 4.89. The highest BCUT2D eigenvalue weighted by Gasteiger charge is 2.23. The van der Waals surface area contributed by atoms with Gasteiger partial charge in [-0.1, -0.05) is 39.7 Å². The summed E-state index contributed by atoms with van der Waals surface area (Å²) in [6, 6.07) is 4.76. The van der Waals surface area contributed by atoms with E-state index >= 15 is 0 Å². The molecule has 92 valence electrons. The summed E-state index contributed by atoms with van der Waals surface area (Å²) in [6.45, 7) is 3.63. The molecule has 3 nitrogen and oxygen atoms in total. The first-order chi connectivity index (χ1) is 7.99. The number of rotatable bonds is 4. The Morgan fingerprint density at radius 1 is 1.47 bits per heavy atom. The lowest BCUT2D eigenvalue weighted by molar-refractivity contribution is 0.0523. The normalized spacial score (nSPS) is 12.0. The quantitative estimate of drug-likeness (QED) is 0.485. The molecule has 0 N–H and O–H groups in total. The fourth-order valence-corrected chi connectivity index (χ4v) is 1.85. The Balaban J connectivity index is 3.26. The number of hydrogen-bond donors (Lipinski definition) is 0. The largest absolute Gasteiger partial charge is 0.462 e. The first-order valence-corrected chi connectivity index (χ1v) is 6.42. The molecule has 1 rings (SSSR count).